The molecule has 2 aliphatic heterocycles. The average Bonchev–Trinajstić information content (AvgIpc) is 3.40. The van der Waals surface area contributed by atoms with Gasteiger partial charge in [0.2, 0.25) is 6.79 Å². The van der Waals surface area contributed by atoms with Gasteiger partial charge in [-0.15, -0.1) is 0 Å². The van der Waals surface area contributed by atoms with Crippen LogP contribution >= 0.6 is 0 Å². The Morgan fingerprint density at radius 1 is 1.00 bits per heavy atom. The summed E-state index contributed by atoms with van der Waals surface area (Å²) in [5.74, 6) is 2.34. The summed E-state index contributed by atoms with van der Waals surface area (Å²) in [6.45, 7) is 3.03. The van der Waals surface area contributed by atoms with Crippen LogP contribution in [0.2, 0.25) is 0 Å². The molecule has 0 bridgehead atoms. The van der Waals surface area contributed by atoms with Crippen molar-refractivity contribution in [3.05, 3.63) is 54.4 Å². The molecule has 148 valence electrons. The van der Waals surface area contributed by atoms with Gasteiger partial charge >= 0.3 is 0 Å². The topological polar surface area (TPSA) is 72.7 Å². The van der Waals surface area contributed by atoms with Gasteiger partial charge in [0.25, 0.3) is 5.91 Å². The highest BCUT2D eigenvalue weighted by molar-refractivity contribution is 5.93. The number of aryl methyl sites for hydroxylation is 1. The summed E-state index contributed by atoms with van der Waals surface area (Å²) in [6.07, 6.45) is 1.79. The molecule has 0 spiro atoms. The van der Waals surface area contributed by atoms with Crippen LogP contribution < -0.4 is 14.4 Å². The molecule has 0 aliphatic carbocycles. The Balaban J connectivity index is 1.31. The van der Waals surface area contributed by atoms with Gasteiger partial charge in [0, 0.05) is 45.0 Å². The van der Waals surface area contributed by atoms with Crippen LogP contribution in [0.1, 0.15) is 10.5 Å². The van der Waals surface area contributed by atoms with Gasteiger partial charge in [-0.05, 0) is 36.4 Å². The number of amides is 1. The van der Waals surface area contributed by atoms with E-state index in [0.29, 0.717) is 24.5 Å². The van der Waals surface area contributed by atoms with E-state index in [1.165, 1.54) is 0 Å². The summed E-state index contributed by atoms with van der Waals surface area (Å²) < 4.78 is 12.6. The Hall–Kier alpha value is -3.55. The lowest BCUT2D eigenvalue weighted by atomic mass is 10.1. The average molecular weight is 391 g/mol. The van der Waals surface area contributed by atoms with Crippen LogP contribution in [-0.4, -0.2) is 58.5 Å². The molecule has 2 aliphatic rings. The number of carbonyl (C=O) groups excluding carboxylic acids is 1. The van der Waals surface area contributed by atoms with Crippen molar-refractivity contribution in [2.45, 2.75) is 0 Å². The number of piperazine rings is 1. The fraction of sp³-hybridized carbons (Fsp3) is 0.286. The van der Waals surface area contributed by atoms with Crippen molar-refractivity contribution in [1.29, 1.82) is 0 Å². The largest absolute Gasteiger partial charge is 0.454 e. The molecule has 1 fully saturated rings. The van der Waals surface area contributed by atoms with Crippen molar-refractivity contribution >= 4 is 11.7 Å². The van der Waals surface area contributed by atoms with Gasteiger partial charge in [-0.25, -0.2) is 4.98 Å². The van der Waals surface area contributed by atoms with E-state index >= 15 is 0 Å². The van der Waals surface area contributed by atoms with Crippen molar-refractivity contribution in [1.82, 2.24) is 19.7 Å². The maximum Gasteiger partial charge on any atom is 0.274 e. The predicted molar refractivity (Wildman–Crippen MR) is 107 cm³/mol. The van der Waals surface area contributed by atoms with Crippen molar-refractivity contribution in [3.63, 3.8) is 0 Å². The lowest BCUT2D eigenvalue weighted by Crippen LogP contribution is -2.49. The van der Waals surface area contributed by atoms with E-state index in [-0.39, 0.29) is 12.7 Å². The predicted octanol–water partition coefficient (Wildman–Crippen LogP) is 2.17. The molecule has 8 nitrogen and oxygen atoms in total. The zero-order valence-corrected chi connectivity index (χ0v) is 16.1. The summed E-state index contributed by atoms with van der Waals surface area (Å²) in [5.41, 5.74) is 2.24. The van der Waals surface area contributed by atoms with Crippen molar-refractivity contribution < 1.29 is 14.3 Å². The van der Waals surface area contributed by atoms with E-state index in [1.807, 2.05) is 54.4 Å². The Morgan fingerprint density at radius 3 is 2.62 bits per heavy atom. The summed E-state index contributed by atoms with van der Waals surface area (Å²) >= 11 is 0. The molecule has 8 heteroatoms. The Morgan fingerprint density at radius 2 is 1.83 bits per heavy atom. The Kier molecular flexibility index (Phi) is 4.31. The molecule has 0 unspecified atom stereocenters. The molecule has 0 saturated carbocycles. The third-order valence-electron chi connectivity index (χ3n) is 5.31. The van der Waals surface area contributed by atoms with Crippen LogP contribution in [0.4, 0.5) is 5.82 Å². The van der Waals surface area contributed by atoms with Crippen LogP contribution in [0.15, 0.2) is 48.7 Å². The van der Waals surface area contributed by atoms with Gasteiger partial charge in [-0.1, -0.05) is 6.07 Å². The van der Waals surface area contributed by atoms with E-state index in [4.69, 9.17) is 9.47 Å². The number of ether oxygens (including phenoxy) is 2. The third kappa shape index (κ3) is 3.26. The number of hydrogen-bond acceptors (Lipinski definition) is 6. The number of carbonyl (C=O) groups is 1. The second kappa shape index (κ2) is 7.12. The minimum absolute atomic E-state index is 0.0479. The molecule has 3 aromatic rings. The SMILES string of the molecule is Cn1nc(C(=O)N2CCN(c3ccccn3)CC2)cc1-c1ccc2c(c1)OCO2. The van der Waals surface area contributed by atoms with Gasteiger partial charge in [0.1, 0.15) is 5.82 Å². The van der Waals surface area contributed by atoms with Crippen LogP contribution in [0, 0.1) is 0 Å². The van der Waals surface area contributed by atoms with Crippen LogP contribution in [0.5, 0.6) is 11.5 Å². The van der Waals surface area contributed by atoms with Crippen molar-refractivity contribution in [2.75, 3.05) is 37.9 Å². The fourth-order valence-electron chi connectivity index (χ4n) is 3.74. The second-order valence-electron chi connectivity index (χ2n) is 7.07. The molecule has 4 heterocycles. The maximum atomic E-state index is 13.0. The normalized spacial score (nSPS) is 15.6. The molecular weight excluding hydrogens is 370 g/mol. The maximum absolute atomic E-state index is 13.0. The molecule has 29 heavy (non-hydrogen) atoms. The number of nitrogens with zero attached hydrogens (tertiary/aromatic N) is 5. The van der Waals surface area contributed by atoms with E-state index in [0.717, 1.165) is 35.9 Å². The second-order valence-corrected chi connectivity index (χ2v) is 7.07. The zero-order chi connectivity index (χ0) is 19.8. The van der Waals surface area contributed by atoms with E-state index in [2.05, 4.69) is 15.0 Å². The molecular formula is C21H21N5O3. The zero-order valence-electron chi connectivity index (χ0n) is 16.1. The number of rotatable bonds is 3. The Labute approximate surface area is 168 Å². The number of pyridine rings is 1. The molecule has 1 aromatic carbocycles. The minimum atomic E-state index is -0.0479. The highest BCUT2D eigenvalue weighted by Gasteiger charge is 2.25. The van der Waals surface area contributed by atoms with Crippen molar-refractivity contribution in [3.8, 4) is 22.8 Å². The monoisotopic (exact) mass is 391 g/mol. The fourth-order valence-corrected chi connectivity index (χ4v) is 3.74. The molecule has 1 amide bonds. The number of hydrogen-bond donors (Lipinski definition) is 0. The minimum Gasteiger partial charge on any atom is -0.454 e. The summed E-state index contributed by atoms with van der Waals surface area (Å²) in [7, 11) is 1.84. The van der Waals surface area contributed by atoms with Gasteiger partial charge < -0.3 is 19.3 Å². The summed E-state index contributed by atoms with van der Waals surface area (Å²) in [4.78, 5) is 21.4. The highest BCUT2D eigenvalue weighted by atomic mass is 16.7. The molecule has 0 atom stereocenters. The summed E-state index contributed by atoms with van der Waals surface area (Å²) in [6, 6.07) is 13.5. The molecule has 0 N–H and O–H groups in total. The first kappa shape index (κ1) is 17.5. The number of anilines is 1. The standard InChI is InChI=1S/C21H21N5O3/c1-24-17(15-5-6-18-19(12-15)29-14-28-18)13-16(23-24)21(27)26-10-8-25(9-11-26)20-4-2-3-7-22-20/h2-7,12-13H,8-11,14H2,1H3. The number of benzene rings is 1. The van der Waals surface area contributed by atoms with E-state index < -0.39 is 0 Å². The molecule has 0 radical (unpaired) electrons. The van der Waals surface area contributed by atoms with Crippen LogP contribution in [0.3, 0.4) is 0 Å². The van der Waals surface area contributed by atoms with Gasteiger partial charge in [-0.2, -0.15) is 5.10 Å². The van der Waals surface area contributed by atoms with Crippen molar-refractivity contribution in [2.24, 2.45) is 7.05 Å². The Bertz CT molecular complexity index is 1040. The first-order valence-corrected chi connectivity index (χ1v) is 9.58. The quantitative estimate of drug-likeness (QED) is 0.681. The van der Waals surface area contributed by atoms with E-state index in [9.17, 15) is 4.79 Å². The summed E-state index contributed by atoms with van der Waals surface area (Å²) in [5, 5.41) is 4.46. The van der Waals surface area contributed by atoms with Gasteiger partial charge in [0.15, 0.2) is 17.2 Å². The van der Waals surface area contributed by atoms with Gasteiger partial charge in [-0.3, -0.25) is 9.48 Å². The van der Waals surface area contributed by atoms with E-state index in [1.54, 1.807) is 10.9 Å². The third-order valence-corrected chi connectivity index (χ3v) is 5.31. The molecule has 2 aromatic heterocycles. The lowest BCUT2D eigenvalue weighted by molar-refractivity contribution is 0.0739. The smallest absolute Gasteiger partial charge is 0.274 e. The highest BCUT2D eigenvalue weighted by Crippen LogP contribution is 2.36. The number of fused-ring (bicyclic) bond motifs is 1. The van der Waals surface area contributed by atoms with Crippen LogP contribution in [-0.2, 0) is 7.05 Å². The molecule has 1 saturated heterocycles. The first-order chi connectivity index (χ1) is 14.2. The first-order valence-electron chi connectivity index (χ1n) is 9.58. The van der Waals surface area contributed by atoms with Crippen LogP contribution in [0.25, 0.3) is 11.3 Å². The van der Waals surface area contributed by atoms with Gasteiger partial charge in [0.05, 0.1) is 5.69 Å². The number of aromatic nitrogens is 3. The lowest BCUT2D eigenvalue weighted by Gasteiger charge is -2.35. The molecule has 5 rings (SSSR count).